The highest BCUT2D eigenvalue weighted by Gasteiger charge is 2.01. The summed E-state index contributed by atoms with van der Waals surface area (Å²) < 4.78 is 1.88. The highest BCUT2D eigenvalue weighted by atomic mass is 15.0. The molecule has 0 aromatic carbocycles. The van der Waals surface area contributed by atoms with E-state index in [0.717, 1.165) is 16.7 Å². The van der Waals surface area contributed by atoms with Crippen molar-refractivity contribution in [3.8, 4) is 0 Å². The predicted molar refractivity (Wildman–Crippen MR) is 48.3 cm³/mol. The smallest absolute Gasteiger partial charge is 0.164 e. The van der Waals surface area contributed by atoms with Crippen molar-refractivity contribution in [1.29, 1.82) is 0 Å². The lowest BCUT2D eigenvalue weighted by atomic mass is 10.3. The number of aromatic nitrogens is 4. The number of hydrogen-bond donors (Lipinski definition) is 0. The fraction of sp³-hybridized carbons (Fsp3) is 0. The molecule has 0 fully saturated rings. The molecule has 0 N–H and O–H groups in total. The summed E-state index contributed by atoms with van der Waals surface area (Å²) in [4.78, 5) is 12.6. The molecule has 0 bridgehead atoms. The third-order valence-corrected chi connectivity index (χ3v) is 2.00. The molecule has 4 heteroatoms. The lowest BCUT2D eigenvalue weighted by Gasteiger charge is -1.96. The molecular weight excluding hydrogens is 164 g/mol. The molecular formula is C9H6N4. The zero-order chi connectivity index (χ0) is 8.67. The molecule has 0 aliphatic heterocycles. The predicted octanol–water partition coefficient (Wildman–Crippen LogP) is 1.28. The highest BCUT2D eigenvalue weighted by Crippen LogP contribution is 2.12. The molecule has 3 heterocycles. The van der Waals surface area contributed by atoms with Crippen LogP contribution >= 0.6 is 0 Å². The van der Waals surface area contributed by atoms with E-state index in [2.05, 4.69) is 15.0 Å². The van der Waals surface area contributed by atoms with Gasteiger partial charge in [-0.05, 0) is 12.1 Å². The summed E-state index contributed by atoms with van der Waals surface area (Å²) in [5, 5.41) is 0.981. The van der Waals surface area contributed by atoms with E-state index in [9.17, 15) is 0 Å². The maximum Gasteiger partial charge on any atom is 0.164 e. The minimum Gasteiger partial charge on any atom is -0.290 e. The Morgan fingerprint density at radius 1 is 1.08 bits per heavy atom. The van der Waals surface area contributed by atoms with Gasteiger partial charge in [-0.1, -0.05) is 0 Å². The van der Waals surface area contributed by atoms with Gasteiger partial charge in [0, 0.05) is 18.6 Å². The monoisotopic (exact) mass is 170 g/mol. The quantitative estimate of drug-likeness (QED) is 0.510. The Labute approximate surface area is 73.9 Å². The Morgan fingerprint density at radius 3 is 3.08 bits per heavy atom. The number of imidazole rings is 1. The second-order valence-corrected chi connectivity index (χ2v) is 2.78. The van der Waals surface area contributed by atoms with Gasteiger partial charge >= 0.3 is 0 Å². The summed E-state index contributed by atoms with van der Waals surface area (Å²) in [6.45, 7) is 0. The van der Waals surface area contributed by atoms with Crippen molar-refractivity contribution in [1.82, 2.24) is 19.4 Å². The van der Waals surface area contributed by atoms with E-state index in [1.807, 2.05) is 22.7 Å². The van der Waals surface area contributed by atoms with Gasteiger partial charge in [-0.15, -0.1) is 0 Å². The van der Waals surface area contributed by atoms with Crippen LogP contribution in [0.4, 0.5) is 0 Å². The molecule has 3 rings (SSSR count). The Kier molecular flexibility index (Phi) is 1.14. The summed E-state index contributed by atoms with van der Waals surface area (Å²) in [6, 6.07) is 3.86. The van der Waals surface area contributed by atoms with Crippen LogP contribution in [0.2, 0.25) is 0 Å². The number of nitrogens with zero attached hydrogens (tertiary/aromatic N) is 4. The van der Waals surface area contributed by atoms with Crippen LogP contribution < -0.4 is 0 Å². The van der Waals surface area contributed by atoms with Crippen LogP contribution in [0.1, 0.15) is 0 Å². The van der Waals surface area contributed by atoms with E-state index in [1.165, 1.54) is 0 Å². The van der Waals surface area contributed by atoms with Gasteiger partial charge in [-0.3, -0.25) is 4.40 Å². The maximum absolute atomic E-state index is 4.23. The van der Waals surface area contributed by atoms with Crippen LogP contribution in [-0.4, -0.2) is 19.4 Å². The molecule has 0 saturated carbocycles. The van der Waals surface area contributed by atoms with Crippen LogP contribution in [0, 0.1) is 0 Å². The average molecular weight is 170 g/mol. The van der Waals surface area contributed by atoms with Gasteiger partial charge < -0.3 is 0 Å². The molecule has 0 saturated heterocycles. The van der Waals surface area contributed by atoms with Crippen LogP contribution in [0.5, 0.6) is 0 Å². The normalized spacial score (nSPS) is 11.1. The first-order valence-corrected chi connectivity index (χ1v) is 3.97. The van der Waals surface area contributed by atoms with Crippen LogP contribution in [-0.2, 0) is 0 Å². The van der Waals surface area contributed by atoms with Crippen LogP contribution in [0.3, 0.4) is 0 Å². The van der Waals surface area contributed by atoms with Crippen molar-refractivity contribution in [3.63, 3.8) is 0 Å². The summed E-state index contributed by atoms with van der Waals surface area (Å²) in [7, 11) is 0. The third-order valence-electron chi connectivity index (χ3n) is 2.00. The first-order chi connectivity index (χ1) is 6.45. The molecule has 0 aliphatic rings. The molecule has 3 aromatic rings. The molecule has 13 heavy (non-hydrogen) atoms. The molecule has 3 aromatic heterocycles. The van der Waals surface area contributed by atoms with Gasteiger partial charge in [0.15, 0.2) is 5.65 Å². The molecule has 4 nitrogen and oxygen atoms in total. The minimum absolute atomic E-state index is 0.737. The summed E-state index contributed by atoms with van der Waals surface area (Å²) in [6.07, 6.45) is 7.07. The van der Waals surface area contributed by atoms with E-state index < -0.39 is 0 Å². The molecule has 0 atom stereocenters. The van der Waals surface area contributed by atoms with Gasteiger partial charge in [0.2, 0.25) is 0 Å². The SMILES string of the molecule is c1cnc2ncn3ccnc3c2c1. The Morgan fingerprint density at radius 2 is 2.08 bits per heavy atom. The zero-order valence-corrected chi connectivity index (χ0v) is 6.75. The van der Waals surface area contributed by atoms with Gasteiger partial charge in [0.05, 0.1) is 5.39 Å². The third kappa shape index (κ3) is 0.823. The Balaban J connectivity index is 2.65. The second-order valence-electron chi connectivity index (χ2n) is 2.78. The zero-order valence-electron chi connectivity index (χ0n) is 6.75. The van der Waals surface area contributed by atoms with Gasteiger partial charge in [0.25, 0.3) is 0 Å². The van der Waals surface area contributed by atoms with E-state index in [0.29, 0.717) is 0 Å². The lowest BCUT2D eigenvalue weighted by Crippen LogP contribution is -1.89. The van der Waals surface area contributed by atoms with Crippen molar-refractivity contribution in [2.45, 2.75) is 0 Å². The van der Waals surface area contributed by atoms with E-state index in [-0.39, 0.29) is 0 Å². The van der Waals surface area contributed by atoms with Gasteiger partial charge in [0.1, 0.15) is 12.0 Å². The Bertz CT molecular complexity index is 570. The second kappa shape index (κ2) is 2.26. The molecule has 0 amide bonds. The van der Waals surface area contributed by atoms with Crippen molar-refractivity contribution in [2.75, 3.05) is 0 Å². The Hall–Kier alpha value is -1.97. The molecule has 62 valence electrons. The van der Waals surface area contributed by atoms with E-state index in [1.54, 1.807) is 18.7 Å². The number of pyridine rings is 1. The fourth-order valence-corrected chi connectivity index (χ4v) is 1.41. The number of fused-ring (bicyclic) bond motifs is 3. The summed E-state index contributed by atoms with van der Waals surface area (Å²) in [5.74, 6) is 0. The topological polar surface area (TPSA) is 43.1 Å². The molecule has 0 spiro atoms. The number of rotatable bonds is 0. The maximum atomic E-state index is 4.23. The van der Waals surface area contributed by atoms with Crippen molar-refractivity contribution < 1.29 is 0 Å². The van der Waals surface area contributed by atoms with E-state index >= 15 is 0 Å². The highest BCUT2D eigenvalue weighted by molar-refractivity contribution is 5.88. The number of hydrogen-bond acceptors (Lipinski definition) is 3. The largest absolute Gasteiger partial charge is 0.290 e. The average Bonchev–Trinajstić information content (AvgIpc) is 2.65. The fourth-order valence-electron chi connectivity index (χ4n) is 1.41. The lowest BCUT2D eigenvalue weighted by molar-refractivity contribution is 1.10. The van der Waals surface area contributed by atoms with E-state index in [4.69, 9.17) is 0 Å². The van der Waals surface area contributed by atoms with Crippen molar-refractivity contribution in [2.24, 2.45) is 0 Å². The van der Waals surface area contributed by atoms with Gasteiger partial charge in [-0.2, -0.15) is 0 Å². The molecule has 0 radical (unpaired) electrons. The van der Waals surface area contributed by atoms with Crippen molar-refractivity contribution >= 4 is 16.7 Å². The van der Waals surface area contributed by atoms with Crippen LogP contribution in [0.25, 0.3) is 16.7 Å². The van der Waals surface area contributed by atoms with Crippen LogP contribution in [0.15, 0.2) is 37.1 Å². The minimum atomic E-state index is 0.737. The molecule has 0 unspecified atom stereocenters. The molecule has 0 aliphatic carbocycles. The standard InChI is InChI=1S/C9H6N4/c1-2-7-8(10-3-1)12-6-13-5-4-11-9(7)13/h1-6H. The summed E-state index contributed by atoms with van der Waals surface area (Å²) in [5.41, 5.74) is 1.64. The first-order valence-electron chi connectivity index (χ1n) is 3.97. The summed E-state index contributed by atoms with van der Waals surface area (Å²) >= 11 is 0. The van der Waals surface area contributed by atoms with Crippen molar-refractivity contribution in [3.05, 3.63) is 37.1 Å². The first kappa shape index (κ1) is 6.54. The van der Waals surface area contributed by atoms with Gasteiger partial charge in [-0.25, -0.2) is 15.0 Å².